The summed E-state index contributed by atoms with van der Waals surface area (Å²) in [4.78, 5) is 29.7. The van der Waals surface area contributed by atoms with Gasteiger partial charge in [-0.25, -0.2) is 9.37 Å². The molecule has 0 aliphatic heterocycles. The van der Waals surface area contributed by atoms with Gasteiger partial charge < -0.3 is 15.2 Å². The fourth-order valence-corrected chi connectivity index (χ4v) is 3.61. The Balaban J connectivity index is 1.45. The van der Waals surface area contributed by atoms with Crippen molar-refractivity contribution in [2.45, 2.75) is 19.0 Å². The number of amides is 2. The Bertz CT molecular complexity index is 1260. The molecule has 2 amide bonds. The second-order valence-corrected chi connectivity index (χ2v) is 8.13. The quantitative estimate of drug-likeness (QED) is 0.397. The average molecular weight is 477 g/mol. The van der Waals surface area contributed by atoms with Gasteiger partial charge in [0.05, 0.1) is 12.0 Å². The Morgan fingerprint density at radius 2 is 1.76 bits per heavy atom. The predicted molar refractivity (Wildman–Crippen MR) is 128 cm³/mol. The van der Waals surface area contributed by atoms with Crippen molar-refractivity contribution >= 4 is 23.4 Å². The van der Waals surface area contributed by atoms with Crippen LogP contribution >= 0.6 is 11.6 Å². The van der Waals surface area contributed by atoms with Gasteiger partial charge in [-0.3, -0.25) is 9.59 Å². The number of carbonyl (C=O) groups excluding carboxylic acids is 2. The van der Waals surface area contributed by atoms with Crippen LogP contribution in [-0.2, 0) is 17.8 Å². The summed E-state index contributed by atoms with van der Waals surface area (Å²) < 4.78 is 16.1. The fourth-order valence-electron chi connectivity index (χ4n) is 3.49. The second kappa shape index (κ2) is 10.8. The molecule has 172 valence electrons. The molecule has 4 aromatic rings. The summed E-state index contributed by atoms with van der Waals surface area (Å²) in [6.45, 7) is 0.113. The van der Waals surface area contributed by atoms with Crippen molar-refractivity contribution in [3.8, 4) is 5.69 Å². The van der Waals surface area contributed by atoms with Crippen LogP contribution in [0, 0.1) is 5.82 Å². The first-order valence-corrected chi connectivity index (χ1v) is 11.0. The van der Waals surface area contributed by atoms with E-state index in [9.17, 15) is 14.0 Å². The van der Waals surface area contributed by atoms with Crippen molar-refractivity contribution in [3.05, 3.63) is 119 Å². The van der Waals surface area contributed by atoms with Gasteiger partial charge in [-0.05, 0) is 47.5 Å². The van der Waals surface area contributed by atoms with Crippen molar-refractivity contribution in [1.82, 2.24) is 20.2 Å². The molecule has 0 bridgehead atoms. The number of aromatic nitrogens is 2. The third-order valence-corrected chi connectivity index (χ3v) is 5.52. The number of hydrogen-bond donors (Lipinski definition) is 2. The summed E-state index contributed by atoms with van der Waals surface area (Å²) in [7, 11) is 0. The maximum atomic E-state index is 14.5. The Kier molecular flexibility index (Phi) is 7.34. The number of imidazole rings is 1. The highest BCUT2D eigenvalue weighted by atomic mass is 35.5. The zero-order valence-corrected chi connectivity index (χ0v) is 18.9. The first-order chi connectivity index (χ1) is 16.5. The molecule has 6 nitrogen and oxygen atoms in total. The van der Waals surface area contributed by atoms with Crippen LogP contribution in [0.5, 0.6) is 0 Å². The van der Waals surface area contributed by atoms with E-state index in [2.05, 4.69) is 15.6 Å². The lowest BCUT2D eigenvalue weighted by Gasteiger charge is -2.19. The van der Waals surface area contributed by atoms with E-state index in [0.717, 1.165) is 5.56 Å². The Morgan fingerprint density at radius 3 is 2.44 bits per heavy atom. The summed E-state index contributed by atoms with van der Waals surface area (Å²) in [5.41, 5.74) is 2.25. The van der Waals surface area contributed by atoms with Crippen LogP contribution < -0.4 is 10.6 Å². The van der Waals surface area contributed by atoms with E-state index in [0.29, 0.717) is 28.3 Å². The smallest absolute Gasteiger partial charge is 0.251 e. The van der Waals surface area contributed by atoms with E-state index in [-0.39, 0.29) is 18.4 Å². The number of benzene rings is 3. The molecule has 0 saturated carbocycles. The SMILES string of the molecule is O=C(NC(Cc1ccccc1)C(=O)NCc1ccc(-n2ccnc2)c(F)c1)c1ccc(Cl)cc1. The molecule has 3 aromatic carbocycles. The molecule has 0 radical (unpaired) electrons. The number of rotatable bonds is 8. The normalized spacial score (nSPS) is 11.6. The minimum Gasteiger partial charge on any atom is -0.350 e. The molecule has 1 heterocycles. The van der Waals surface area contributed by atoms with Crippen molar-refractivity contribution in [2.75, 3.05) is 0 Å². The summed E-state index contributed by atoms with van der Waals surface area (Å²) in [5, 5.41) is 6.12. The molecule has 0 fully saturated rings. The number of carbonyl (C=O) groups is 2. The minimum atomic E-state index is -0.819. The highest BCUT2D eigenvalue weighted by Crippen LogP contribution is 2.15. The van der Waals surface area contributed by atoms with Crippen LogP contribution in [0.2, 0.25) is 5.02 Å². The van der Waals surface area contributed by atoms with Crippen molar-refractivity contribution in [3.63, 3.8) is 0 Å². The summed E-state index contributed by atoms with van der Waals surface area (Å²) >= 11 is 5.90. The van der Waals surface area contributed by atoms with Crippen LogP contribution in [0.4, 0.5) is 4.39 Å². The van der Waals surface area contributed by atoms with E-state index in [1.165, 1.54) is 12.4 Å². The zero-order chi connectivity index (χ0) is 23.9. The van der Waals surface area contributed by atoms with E-state index in [1.807, 2.05) is 30.3 Å². The molecule has 0 saturated heterocycles. The third kappa shape index (κ3) is 5.88. The van der Waals surface area contributed by atoms with Crippen molar-refractivity contribution < 1.29 is 14.0 Å². The molecule has 8 heteroatoms. The van der Waals surface area contributed by atoms with Crippen LogP contribution in [0.25, 0.3) is 5.69 Å². The molecule has 1 atom stereocenters. The maximum absolute atomic E-state index is 14.5. The van der Waals surface area contributed by atoms with Gasteiger partial charge in [0.2, 0.25) is 5.91 Å². The van der Waals surface area contributed by atoms with Gasteiger partial charge in [-0.1, -0.05) is 48.0 Å². The number of hydrogen-bond acceptors (Lipinski definition) is 3. The van der Waals surface area contributed by atoms with Crippen LogP contribution in [0.1, 0.15) is 21.5 Å². The van der Waals surface area contributed by atoms with Crippen LogP contribution in [0.15, 0.2) is 91.5 Å². The standard InChI is InChI=1S/C26H22ClFN4O2/c27-21-9-7-20(8-10-21)25(33)31-23(15-18-4-2-1-3-5-18)26(34)30-16-19-6-11-24(22(28)14-19)32-13-12-29-17-32/h1-14,17,23H,15-16H2,(H,30,34)(H,31,33). The number of halogens is 2. The molecule has 0 aliphatic rings. The topological polar surface area (TPSA) is 76.0 Å². The summed E-state index contributed by atoms with van der Waals surface area (Å²) in [6, 6.07) is 19.7. The van der Waals surface area contributed by atoms with Gasteiger partial charge in [0.25, 0.3) is 5.91 Å². The molecule has 4 rings (SSSR count). The highest BCUT2D eigenvalue weighted by Gasteiger charge is 2.22. The predicted octanol–water partition coefficient (Wildman–Crippen LogP) is 4.32. The Hall–Kier alpha value is -3.97. The van der Waals surface area contributed by atoms with Crippen molar-refractivity contribution in [1.29, 1.82) is 0 Å². The fraction of sp³-hybridized carbons (Fsp3) is 0.115. The average Bonchev–Trinajstić information content (AvgIpc) is 3.38. The van der Waals surface area contributed by atoms with E-state index >= 15 is 0 Å². The molecule has 0 aliphatic carbocycles. The molecule has 2 N–H and O–H groups in total. The molecule has 1 aromatic heterocycles. The minimum absolute atomic E-state index is 0.113. The Labute approximate surface area is 201 Å². The zero-order valence-electron chi connectivity index (χ0n) is 18.1. The molecule has 34 heavy (non-hydrogen) atoms. The van der Waals surface area contributed by atoms with Gasteiger partial charge in [0.15, 0.2) is 0 Å². The lowest BCUT2D eigenvalue weighted by Crippen LogP contribution is -2.47. The number of nitrogens with zero attached hydrogens (tertiary/aromatic N) is 2. The van der Waals surface area contributed by atoms with Crippen molar-refractivity contribution in [2.24, 2.45) is 0 Å². The monoisotopic (exact) mass is 476 g/mol. The number of nitrogens with one attached hydrogen (secondary N) is 2. The van der Waals surface area contributed by atoms with Gasteiger partial charge in [-0.15, -0.1) is 0 Å². The third-order valence-electron chi connectivity index (χ3n) is 5.27. The molecular weight excluding hydrogens is 455 g/mol. The maximum Gasteiger partial charge on any atom is 0.251 e. The van der Waals surface area contributed by atoms with Crippen LogP contribution in [-0.4, -0.2) is 27.4 Å². The molecule has 0 spiro atoms. The lowest BCUT2D eigenvalue weighted by atomic mass is 10.0. The molecular formula is C26H22ClFN4O2. The van der Waals surface area contributed by atoms with Crippen LogP contribution in [0.3, 0.4) is 0 Å². The van der Waals surface area contributed by atoms with Gasteiger partial charge in [0.1, 0.15) is 11.9 Å². The van der Waals surface area contributed by atoms with Gasteiger partial charge in [-0.2, -0.15) is 0 Å². The Morgan fingerprint density at radius 1 is 1.00 bits per heavy atom. The molecule has 1 unspecified atom stereocenters. The summed E-state index contributed by atoms with van der Waals surface area (Å²) in [5.74, 6) is -1.18. The van der Waals surface area contributed by atoms with E-state index < -0.39 is 11.9 Å². The van der Waals surface area contributed by atoms with E-state index in [1.54, 1.807) is 53.4 Å². The second-order valence-electron chi connectivity index (χ2n) is 7.70. The first kappa shape index (κ1) is 23.2. The van der Waals surface area contributed by atoms with Gasteiger partial charge >= 0.3 is 0 Å². The first-order valence-electron chi connectivity index (χ1n) is 10.6. The van der Waals surface area contributed by atoms with E-state index in [4.69, 9.17) is 11.6 Å². The van der Waals surface area contributed by atoms with Gasteiger partial charge in [0, 0.05) is 35.9 Å². The summed E-state index contributed by atoms with van der Waals surface area (Å²) in [6.07, 6.45) is 5.04. The highest BCUT2D eigenvalue weighted by molar-refractivity contribution is 6.30. The largest absolute Gasteiger partial charge is 0.350 e. The lowest BCUT2D eigenvalue weighted by molar-refractivity contribution is -0.123.